The molecule has 0 aliphatic rings. The van der Waals surface area contributed by atoms with Crippen molar-refractivity contribution in [2.75, 3.05) is 20.2 Å². The fraction of sp³-hybridized carbons (Fsp3) is 0.600. The first-order valence-corrected chi connectivity index (χ1v) is 6.69. The molecule has 0 saturated carbocycles. The lowest BCUT2D eigenvalue weighted by Crippen LogP contribution is -2.37. The molecule has 3 nitrogen and oxygen atoms in total. The molecule has 1 atom stereocenters. The molecule has 1 unspecified atom stereocenters. The summed E-state index contributed by atoms with van der Waals surface area (Å²) in [6.07, 6.45) is 0. The Balaban J connectivity index is 2.22. The number of rotatable bonds is 8. The van der Waals surface area contributed by atoms with Crippen LogP contribution in [-0.4, -0.2) is 26.2 Å². The van der Waals surface area contributed by atoms with Gasteiger partial charge in [0, 0.05) is 19.1 Å². The highest BCUT2D eigenvalue weighted by Crippen LogP contribution is 2.10. The van der Waals surface area contributed by atoms with Crippen molar-refractivity contribution >= 4 is 0 Å². The third-order valence-electron chi connectivity index (χ3n) is 2.82. The molecule has 2 N–H and O–H groups in total. The Bertz CT molecular complexity index is 322. The van der Waals surface area contributed by atoms with Crippen LogP contribution in [0.1, 0.15) is 26.3 Å². The van der Waals surface area contributed by atoms with Crippen molar-refractivity contribution in [3.05, 3.63) is 29.8 Å². The summed E-state index contributed by atoms with van der Waals surface area (Å²) in [5.41, 5.74) is 1.28. The van der Waals surface area contributed by atoms with Gasteiger partial charge in [-0.3, -0.25) is 0 Å². The van der Waals surface area contributed by atoms with Crippen LogP contribution in [-0.2, 0) is 6.54 Å². The lowest BCUT2D eigenvalue weighted by Gasteiger charge is -2.16. The van der Waals surface area contributed by atoms with E-state index >= 15 is 0 Å². The molecule has 0 bridgehead atoms. The smallest absolute Gasteiger partial charge is 0.118 e. The van der Waals surface area contributed by atoms with Crippen LogP contribution in [0.25, 0.3) is 0 Å². The van der Waals surface area contributed by atoms with Gasteiger partial charge in [-0.15, -0.1) is 0 Å². The Morgan fingerprint density at radius 3 is 2.28 bits per heavy atom. The van der Waals surface area contributed by atoms with Crippen LogP contribution >= 0.6 is 0 Å². The van der Waals surface area contributed by atoms with Crippen LogP contribution in [0.15, 0.2) is 24.3 Å². The molecule has 0 aromatic heterocycles. The number of nitrogens with one attached hydrogen (secondary N) is 2. The van der Waals surface area contributed by atoms with E-state index in [2.05, 4.69) is 43.5 Å². The van der Waals surface area contributed by atoms with Gasteiger partial charge in [-0.1, -0.05) is 26.0 Å². The van der Waals surface area contributed by atoms with Gasteiger partial charge in [-0.05, 0) is 37.1 Å². The first-order valence-electron chi connectivity index (χ1n) is 6.69. The number of hydrogen-bond donors (Lipinski definition) is 2. The molecule has 1 rings (SSSR count). The Kier molecular flexibility index (Phi) is 6.76. The van der Waals surface area contributed by atoms with Crippen LogP contribution < -0.4 is 15.4 Å². The van der Waals surface area contributed by atoms with Gasteiger partial charge in [0.15, 0.2) is 0 Å². The number of ether oxygens (including phenoxy) is 1. The van der Waals surface area contributed by atoms with Gasteiger partial charge >= 0.3 is 0 Å². The molecule has 0 aliphatic carbocycles. The average Bonchev–Trinajstić information content (AvgIpc) is 2.36. The second-order valence-electron chi connectivity index (χ2n) is 5.18. The molecule has 0 amide bonds. The lowest BCUT2D eigenvalue weighted by molar-refractivity contribution is 0.414. The van der Waals surface area contributed by atoms with E-state index in [4.69, 9.17) is 4.74 Å². The third-order valence-corrected chi connectivity index (χ3v) is 2.82. The zero-order valence-corrected chi connectivity index (χ0v) is 12.0. The van der Waals surface area contributed by atoms with Crippen molar-refractivity contribution in [2.24, 2.45) is 5.92 Å². The maximum Gasteiger partial charge on any atom is 0.118 e. The predicted molar refractivity (Wildman–Crippen MR) is 77.0 cm³/mol. The molecule has 0 radical (unpaired) electrons. The minimum Gasteiger partial charge on any atom is -0.497 e. The fourth-order valence-electron chi connectivity index (χ4n) is 1.70. The number of methoxy groups -OCH3 is 1. The van der Waals surface area contributed by atoms with Crippen molar-refractivity contribution in [3.8, 4) is 5.75 Å². The van der Waals surface area contributed by atoms with Gasteiger partial charge < -0.3 is 15.4 Å². The second-order valence-corrected chi connectivity index (χ2v) is 5.18. The minimum absolute atomic E-state index is 0.478. The molecule has 102 valence electrons. The Morgan fingerprint density at radius 2 is 1.72 bits per heavy atom. The van der Waals surface area contributed by atoms with Crippen LogP contribution in [0.2, 0.25) is 0 Å². The van der Waals surface area contributed by atoms with Crippen LogP contribution in [0.5, 0.6) is 5.75 Å². The van der Waals surface area contributed by atoms with E-state index in [1.54, 1.807) is 7.11 Å². The van der Waals surface area contributed by atoms with Gasteiger partial charge in [0.1, 0.15) is 5.75 Å². The van der Waals surface area contributed by atoms with Crippen LogP contribution in [0.3, 0.4) is 0 Å². The Morgan fingerprint density at radius 1 is 1.06 bits per heavy atom. The highest BCUT2D eigenvalue weighted by atomic mass is 16.5. The fourth-order valence-corrected chi connectivity index (χ4v) is 1.70. The normalized spacial score (nSPS) is 12.7. The zero-order valence-electron chi connectivity index (χ0n) is 12.0. The highest BCUT2D eigenvalue weighted by molar-refractivity contribution is 5.27. The average molecular weight is 250 g/mol. The lowest BCUT2D eigenvalue weighted by atomic mass is 10.2. The molecular formula is C15H26N2O. The summed E-state index contributed by atoms with van der Waals surface area (Å²) in [6, 6.07) is 8.67. The Labute approximate surface area is 111 Å². The highest BCUT2D eigenvalue weighted by Gasteiger charge is 2.02. The predicted octanol–water partition coefficient (Wildman–Crippen LogP) is 2.42. The van der Waals surface area contributed by atoms with Crippen LogP contribution in [0.4, 0.5) is 0 Å². The maximum atomic E-state index is 5.14. The van der Waals surface area contributed by atoms with E-state index in [1.165, 1.54) is 5.56 Å². The topological polar surface area (TPSA) is 33.3 Å². The van der Waals surface area contributed by atoms with Crippen molar-refractivity contribution in [3.63, 3.8) is 0 Å². The van der Waals surface area contributed by atoms with E-state index < -0.39 is 0 Å². The maximum absolute atomic E-state index is 5.14. The second kappa shape index (κ2) is 8.11. The van der Waals surface area contributed by atoms with Gasteiger partial charge in [0.05, 0.1) is 7.11 Å². The van der Waals surface area contributed by atoms with Gasteiger partial charge in [0.25, 0.3) is 0 Å². The summed E-state index contributed by atoms with van der Waals surface area (Å²) in [5.74, 6) is 1.61. The molecule has 0 aliphatic heterocycles. The van der Waals surface area contributed by atoms with E-state index in [0.29, 0.717) is 12.0 Å². The molecule has 0 fully saturated rings. The van der Waals surface area contributed by atoms with E-state index in [1.807, 2.05) is 12.1 Å². The molecular weight excluding hydrogens is 224 g/mol. The van der Waals surface area contributed by atoms with Crippen molar-refractivity contribution in [1.82, 2.24) is 10.6 Å². The number of benzene rings is 1. The summed E-state index contributed by atoms with van der Waals surface area (Å²) >= 11 is 0. The summed E-state index contributed by atoms with van der Waals surface area (Å²) < 4.78 is 5.14. The van der Waals surface area contributed by atoms with Gasteiger partial charge in [-0.2, -0.15) is 0 Å². The SMILES string of the molecule is COc1ccc(CNC(C)CNCC(C)C)cc1. The summed E-state index contributed by atoms with van der Waals surface area (Å²) in [7, 11) is 1.69. The largest absolute Gasteiger partial charge is 0.497 e. The van der Waals surface area contributed by atoms with E-state index in [0.717, 1.165) is 25.4 Å². The van der Waals surface area contributed by atoms with Crippen molar-refractivity contribution in [2.45, 2.75) is 33.4 Å². The first kappa shape index (κ1) is 15.0. The number of hydrogen-bond acceptors (Lipinski definition) is 3. The third kappa shape index (κ3) is 6.03. The van der Waals surface area contributed by atoms with E-state index in [9.17, 15) is 0 Å². The van der Waals surface area contributed by atoms with Gasteiger partial charge in [0.2, 0.25) is 0 Å². The molecule has 3 heteroatoms. The minimum atomic E-state index is 0.478. The monoisotopic (exact) mass is 250 g/mol. The standard InChI is InChI=1S/C15H26N2O/c1-12(2)9-16-10-13(3)17-11-14-5-7-15(18-4)8-6-14/h5-8,12-13,16-17H,9-11H2,1-4H3. The molecule has 0 heterocycles. The molecule has 18 heavy (non-hydrogen) atoms. The zero-order chi connectivity index (χ0) is 13.4. The molecule has 1 aromatic rings. The first-order chi connectivity index (χ1) is 8.61. The Hall–Kier alpha value is -1.06. The van der Waals surface area contributed by atoms with Crippen molar-refractivity contribution < 1.29 is 4.74 Å². The summed E-state index contributed by atoms with van der Waals surface area (Å²) in [6.45, 7) is 9.64. The molecule has 0 saturated heterocycles. The van der Waals surface area contributed by atoms with E-state index in [-0.39, 0.29) is 0 Å². The quantitative estimate of drug-likeness (QED) is 0.743. The van der Waals surface area contributed by atoms with Gasteiger partial charge in [-0.25, -0.2) is 0 Å². The molecule has 0 spiro atoms. The molecule has 1 aromatic carbocycles. The summed E-state index contributed by atoms with van der Waals surface area (Å²) in [5, 5.41) is 6.96. The summed E-state index contributed by atoms with van der Waals surface area (Å²) in [4.78, 5) is 0. The van der Waals surface area contributed by atoms with Crippen LogP contribution in [0, 0.1) is 5.92 Å². The van der Waals surface area contributed by atoms with Crippen molar-refractivity contribution in [1.29, 1.82) is 0 Å².